The first-order chi connectivity index (χ1) is 10.8. The Bertz CT molecular complexity index is 637. The summed E-state index contributed by atoms with van der Waals surface area (Å²) in [6, 6.07) is 11.6. The first kappa shape index (κ1) is 14.7. The van der Waals surface area contributed by atoms with Crippen LogP contribution >= 0.6 is 0 Å². The highest BCUT2D eigenvalue weighted by Gasteiger charge is 2.22. The standard InChI is InChI=1S/C18H20N2O2/c1-20(12-14-8-10-22-13-14)18(21)17-7-3-2-6-16(17)15-5-4-9-19-11-15/h2-7,9,11,14H,8,10,12-13H2,1H3. The van der Waals surface area contributed by atoms with Crippen molar-refractivity contribution in [3.63, 3.8) is 0 Å². The van der Waals surface area contributed by atoms with Gasteiger partial charge in [-0.25, -0.2) is 0 Å². The van der Waals surface area contributed by atoms with Gasteiger partial charge in [0.15, 0.2) is 0 Å². The van der Waals surface area contributed by atoms with Crippen LogP contribution in [-0.4, -0.2) is 42.6 Å². The molecule has 2 heterocycles. The number of aromatic nitrogens is 1. The van der Waals surface area contributed by atoms with E-state index in [1.807, 2.05) is 43.4 Å². The third kappa shape index (κ3) is 3.17. The fourth-order valence-electron chi connectivity index (χ4n) is 2.85. The molecular weight excluding hydrogens is 276 g/mol. The summed E-state index contributed by atoms with van der Waals surface area (Å²) in [6.45, 7) is 2.29. The smallest absolute Gasteiger partial charge is 0.254 e. The van der Waals surface area contributed by atoms with Crippen LogP contribution in [0.4, 0.5) is 0 Å². The lowest BCUT2D eigenvalue weighted by Gasteiger charge is -2.21. The van der Waals surface area contributed by atoms with Crippen molar-refractivity contribution >= 4 is 5.91 Å². The quantitative estimate of drug-likeness (QED) is 0.871. The molecule has 1 aliphatic heterocycles. The van der Waals surface area contributed by atoms with Crippen molar-refractivity contribution < 1.29 is 9.53 Å². The van der Waals surface area contributed by atoms with Crippen molar-refractivity contribution in [2.24, 2.45) is 5.92 Å². The number of pyridine rings is 1. The van der Waals surface area contributed by atoms with Crippen LogP contribution in [0.5, 0.6) is 0 Å². The second-order valence-corrected chi connectivity index (χ2v) is 5.70. The lowest BCUT2D eigenvalue weighted by molar-refractivity contribution is 0.0767. The molecule has 0 N–H and O–H groups in total. The first-order valence-electron chi connectivity index (χ1n) is 7.58. The Kier molecular flexibility index (Phi) is 4.49. The number of carbonyl (C=O) groups excluding carboxylic acids is 1. The number of amides is 1. The highest BCUT2D eigenvalue weighted by molar-refractivity contribution is 6.00. The molecule has 1 aromatic heterocycles. The van der Waals surface area contributed by atoms with E-state index < -0.39 is 0 Å². The minimum Gasteiger partial charge on any atom is -0.381 e. The second-order valence-electron chi connectivity index (χ2n) is 5.70. The molecule has 1 saturated heterocycles. The van der Waals surface area contributed by atoms with E-state index in [1.54, 1.807) is 17.3 Å². The van der Waals surface area contributed by atoms with Gasteiger partial charge in [-0.1, -0.05) is 24.3 Å². The predicted octanol–water partition coefficient (Wildman–Crippen LogP) is 2.86. The molecule has 1 fully saturated rings. The first-order valence-corrected chi connectivity index (χ1v) is 7.58. The summed E-state index contributed by atoms with van der Waals surface area (Å²) >= 11 is 0. The molecule has 0 saturated carbocycles. The van der Waals surface area contributed by atoms with Crippen molar-refractivity contribution in [1.29, 1.82) is 0 Å². The third-order valence-electron chi connectivity index (χ3n) is 4.03. The summed E-state index contributed by atoms with van der Waals surface area (Å²) in [5.74, 6) is 0.492. The molecule has 1 atom stereocenters. The summed E-state index contributed by atoms with van der Waals surface area (Å²) in [7, 11) is 1.86. The van der Waals surface area contributed by atoms with Gasteiger partial charge in [0.2, 0.25) is 0 Å². The third-order valence-corrected chi connectivity index (χ3v) is 4.03. The van der Waals surface area contributed by atoms with Crippen LogP contribution in [-0.2, 0) is 4.74 Å². The van der Waals surface area contributed by atoms with Gasteiger partial charge in [0.25, 0.3) is 5.91 Å². The van der Waals surface area contributed by atoms with Crippen LogP contribution in [0.2, 0.25) is 0 Å². The normalized spacial score (nSPS) is 17.4. The largest absolute Gasteiger partial charge is 0.381 e. The van der Waals surface area contributed by atoms with Crippen molar-refractivity contribution in [2.45, 2.75) is 6.42 Å². The van der Waals surface area contributed by atoms with E-state index in [2.05, 4.69) is 4.98 Å². The van der Waals surface area contributed by atoms with Crippen LogP contribution < -0.4 is 0 Å². The number of benzene rings is 1. The van der Waals surface area contributed by atoms with Crippen LogP contribution in [0.3, 0.4) is 0 Å². The zero-order valence-corrected chi connectivity index (χ0v) is 12.7. The Morgan fingerprint density at radius 3 is 2.91 bits per heavy atom. The van der Waals surface area contributed by atoms with Crippen LogP contribution in [0.1, 0.15) is 16.8 Å². The van der Waals surface area contributed by atoms with Gasteiger partial charge in [-0.3, -0.25) is 9.78 Å². The minimum atomic E-state index is 0.0475. The van der Waals surface area contributed by atoms with E-state index in [0.717, 1.165) is 42.9 Å². The van der Waals surface area contributed by atoms with Gasteiger partial charge >= 0.3 is 0 Å². The maximum atomic E-state index is 12.8. The number of nitrogens with zero attached hydrogens (tertiary/aromatic N) is 2. The summed E-state index contributed by atoms with van der Waals surface area (Å²) in [4.78, 5) is 18.7. The average Bonchev–Trinajstić information content (AvgIpc) is 3.08. The number of carbonyl (C=O) groups is 1. The summed E-state index contributed by atoms with van der Waals surface area (Å²) < 4.78 is 5.39. The molecule has 1 amide bonds. The molecule has 0 radical (unpaired) electrons. The summed E-state index contributed by atoms with van der Waals surface area (Å²) in [6.07, 6.45) is 4.55. The fourth-order valence-corrected chi connectivity index (χ4v) is 2.85. The molecule has 4 heteroatoms. The molecule has 0 spiro atoms. The van der Waals surface area contributed by atoms with E-state index in [0.29, 0.717) is 5.92 Å². The van der Waals surface area contributed by atoms with Crippen LogP contribution in [0, 0.1) is 5.92 Å². The van der Waals surface area contributed by atoms with E-state index in [9.17, 15) is 4.79 Å². The maximum Gasteiger partial charge on any atom is 0.254 e. The Hall–Kier alpha value is -2.20. The topological polar surface area (TPSA) is 42.4 Å². The molecule has 4 nitrogen and oxygen atoms in total. The molecular formula is C18H20N2O2. The highest BCUT2D eigenvalue weighted by Crippen LogP contribution is 2.24. The van der Waals surface area contributed by atoms with Crippen molar-refractivity contribution in [3.8, 4) is 11.1 Å². The Balaban J connectivity index is 1.83. The average molecular weight is 296 g/mol. The number of ether oxygens (including phenoxy) is 1. The number of hydrogen-bond donors (Lipinski definition) is 0. The SMILES string of the molecule is CN(CC1CCOC1)C(=O)c1ccccc1-c1cccnc1. The predicted molar refractivity (Wildman–Crippen MR) is 85.6 cm³/mol. The van der Waals surface area contributed by atoms with E-state index in [-0.39, 0.29) is 5.91 Å². The van der Waals surface area contributed by atoms with Crippen LogP contribution in [0.15, 0.2) is 48.8 Å². The lowest BCUT2D eigenvalue weighted by Crippen LogP contribution is -2.32. The Labute approximate surface area is 130 Å². The molecule has 3 rings (SSSR count). The van der Waals surface area contributed by atoms with Gasteiger partial charge in [0, 0.05) is 49.6 Å². The molecule has 22 heavy (non-hydrogen) atoms. The molecule has 1 aliphatic rings. The number of rotatable bonds is 4. The molecule has 1 aromatic carbocycles. The van der Waals surface area contributed by atoms with Crippen molar-refractivity contribution in [3.05, 3.63) is 54.4 Å². The fraction of sp³-hybridized carbons (Fsp3) is 0.333. The van der Waals surface area contributed by atoms with Gasteiger partial charge in [0.1, 0.15) is 0 Å². The van der Waals surface area contributed by atoms with Crippen LogP contribution in [0.25, 0.3) is 11.1 Å². The molecule has 114 valence electrons. The highest BCUT2D eigenvalue weighted by atomic mass is 16.5. The van der Waals surface area contributed by atoms with E-state index in [4.69, 9.17) is 4.74 Å². The van der Waals surface area contributed by atoms with E-state index >= 15 is 0 Å². The second kappa shape index (κ2) is 6.71. The zero-order chi connectivity index (χ0) is 15.4. The van der Waals surface area contributed by atoms with E-state index in [1.165, 1.54) is 0 Å². The Morgan fingerprint density at radius 2 is 2.18 bits per heavy atom. The van der Waals surface area contributed by atoms with Gasteiger partial charge in [-0.2, -0.15) is 0 Å². The monoisotopic (exact) mass is 296 g/mol. The summed E-state index contributed by atoms with van der Waals surface area (Å²) in [5, 5.41) is 0. The van der Waals surface area contributed by atoms with Crippen molar-refractivity contribution in [1.82, 2.24) is 9.88 Å². The lowest BCUT2D eigenvalue weighted by atomic mass is 10.00. The summed E-state index contributed by atoms with van der Waals surface area (Å²) in [5.41, 5.74) is 2.61. The molecule has 1 unspecified atom stereocenters. The van der Waals surface area contributed by atoms with Gasteiger partial charge in [-0.05, 0) is 24.1 Å². The molecule has 0 bridgehead atoms. The Morgan fingerprint density at radius 1 is 1.32 bits per heavy atom. The van der Waals surface area contributed by atoms with Gasteiger partial charge in [-0.15, -0.1) is 0 Å². The van der Waals surface area contributed by atoms with Crippen molar-refractivity contribution in [2.75, 3.05) is 26.8 Å². The molecule has 2 aromatic rings. The van der Waals surface area contributed by atoms with Gasteiger partial charge in [0.05, 0.1) is 6.61 Å². The number of hydrogen-bond acceptors (Lipinski definition) is 3. The minimum absolute atomic E-state index is 0.0475. The molecule has 0 aliphatic carbocycles. The maximum absolute atomic E-state index is 12.8. The zero-order valence-electron chi connectivity index (χ0n) is 12.7. The van der Waals surface area contributed by atoms with Gasteiger partial charge < -0.3 is 9.64 Å².